The molecule has 0 amide bonds. The molecule has 5 heteroatoms. The first kappa shape index (κ1) is 11.9. The van der Waals surface area contributed by atoms with E-state index < -0.39 is 5.82 Å². The van der Waals surface area contributed by atoms with E-state index in [-0.39, 0.29) is 5.69 Å². The largest absolute Gasteiger partial charge is 0.486 e. The van der Waals surface area contributed by atoms with E-state index in [0.717, 1.165) is 15.2 Å². The number of ether oxygens (including phenoxy) is 1. The van der Waals surface area contributed by atoms with Gasteiger partial charge in [-0.3, -0.25) is 0 Å². The van der Waals surface area contributed by atoms with Crippen molar-refractivity contribution < 1.29 is 9.13 Å². The van der Waals surface area contributed by atoms with E-state index in [0.29, 0.717) is 12.4 Å². The summed E-state index contributed by atoms with van der Waals surface area (Å²) < 4.78 is 19.9. The quantitative estimate of drug-likeness (QED) is 0.742. The van der Waals surface area contributed by atoms with Gasteiger partial charge in [-0.25, -0.2) is 9.37 Å². The van der Waals surface area contributed by atoms with Gasteiger partial charge < -0.3 is 10.5 Å². The number of hydrogen-bond acceptors (Lipinski definition) is 4. The van der Waals surface area contributed by atoms with Crippen LogP contribution in [0.5, 0.6) is 5.75 Å². The molecular formula is C14H11FN2OS. The number of nitrogens with zero attached hydrogens (tertiary/aromatic N) is 1. The van der Waals surface area contributed by atoms with Crippen molar-refractivity contribution in [3.8, 4) is 5.75 Å². The maximum absolute atomic E-state index is 13.3. The highest BCUT2D eigenvalue weighted by molar-refractivity contribution is 7.18. The summed E-state index contributed by atoms with van der Waals surface area (Å²) in [4.78, 5) is 4.44. The lowest BCUT2D eigenvalue weighted by molar-refractivity contribution is 0.304. The Morgan fingerprint density at radius 3 is 2.84 bits per heavy atom. The first-order valence-electron chi connectivity index (χ1n) is 5.74. The summed E-state index contributed by atoms with van der Waals surface area (Å²) in [6.07, 6.45) is 0. The summed E-state index contributed by atoms with van der Waals surface area (Å²) in [6, 6.07) is 12.3. The van der Waals surface area contributed by atoms with Crippen LogP contribution in [0.15, 0.2) is 42.5 Å². The van der Waals surface area contributed by atoms with Gasteiger partial charge in [0, 0.05) is 6.07 Å². The normalized spacial score (nSPS) is 10.8. The van der Waals surface area contributed by atoms with Crippen LogP contribution in [0.3, 0.4) is 0 Å². The van der Waals surface area contributed by atoms with Crippen molar-refractivity contribution in [2.24, 2.45) is 0 Å². The van der Waals surface area contributed by atoms with Crippen LogP contribution in [0, 0.1) is 5.82 Å². The van der Waals surface area contributed by atoms with Crippen LogP contribution in [0.4, 0.5) is 10.1 Å². The number of thiazole rings is 1. The molecule has 1 aromatic heterocycles. The average Bonchev–Trinajstić information content (AvgIpc) is 2.83. The lowest BCUT2D eigenvalue weighted by Crippen LogP contribution is -1.96. The minimum atomic E-state index is -0.471. The van der Waals surface area contributed by atoms with Gasteiger partial charge in [0.25, 0.3) is 0 Å². The minimum absolute atomic E-state index is 0.118. The maximum atomic E-state index is 13.3. The van der Waals surface area contributed by atoms with Crippen LogP contribution in [0.2, 0.25) is 0 Å². The zero-order valence-corrected chi connectivity index (χ0v) is 10.8. The van der Waals surface area contributed by atoms with Gasteiger partial charge in [0.15, 0.2) is 0 Å². The van der Waals surface area contributed by atoms with E-state index in [1.54, 1.807) is 17.4 Å². The lowest BCUT2D eigenvalue weighted by Gasteiger charge is -2.04. The first-order chi connectivity index (χ1) is 9.22. The monoisotopic (exact) mass is 274 g/mol. The van der Waals surface area contributed by atoms with Gasteiger partial charge >= 0.3 is 0 Å². The fraction of sp³-hybridized carbons (Fsp3) is 0.0714. The first-order valence-corrected chi connectivity index (χ1v) is 6.56. The Bertz CT molecular complexity index is 693. The molecule has 3 rings (SSSR count). The number of hydrogen-bond donors (Lipinski definition) is 1. The second-order valence-corrected chi connectivity index (χ2v) is 5.16. The van der Waals surface area contributed by atoms with Gasteiger partial charge in [0.1, 0.15) is 23.2 Å². The molecule has 0 aliphatic carbocycles. The number of para-hydroxylation sites is 1. The van der Waals surface area contributed by atoms with Crippen LogP contribution < -0.4 is 10.5 Å². The second-order valence-electron chi connectivity index (χ2n) is 4.05. The molecule has 0 fully saturated rings. The van der Waals surface area contributed by atoms with Crippen LogP contribution in [0.25, 0.3) is 10.2 Å². The molecular weight excluding hydrogens is 263 g/mol. The third kappa shape index (κ3) is 2.51. The Morgan fingerprint density at radius 2 is 2.05 bits per heavy atom. The van der Waals surface area contributed by atoms with E-state index in [4.69, 9.17) is 10.5 Å². The Morgan fingerprint density at radius 1 is 1.21 bits per heavy atom. The average molecular weight is 274 g/mol. The second kappa shape index (κ2) is 4.85. The highest BCUT2D eigenvalue weighted by Gasteiger charge is 2.05. The van der Waals surface area contributed by atoms with E-state index in [1.165, 1.54) is 12.1 Å². The Labute approximate surface area is 113 Å². The topological polar surface area (TPSA) is 48.1 Å². The Kier molecular flexibility index (Phi) is 3.05. The molecule has 19 heavy (non-hydrogen) atoms. The number of nitrogen functional groups attached to an aromatic ring is 1. The summed E-state index contributed by atoms with van der Waals surface area (Å²) in [7, 11) is 0. The zero-order valence-electron chi connectivity index (χ0n) is 9.97. The molecule has 0 radical (unpaired) electrons. The van der Waals surface area contributed by atoms with Crippen LogP contribution in [-0.4, -0.2) is 4.98 Å². The number of aromatic nitrogens is 1. The maximum Gasteiger partial charge on any atom is 0.149 e. The summed E-state index contributed by atoms with van der Waals surface area (Å²) in [5, 5.41) is 0.860. The molecule has 96 valence electrons. The van der Waals surface area contributed by atoms with Gasteiger partial charge in [-0.05, 0) is 24.3 Å². The molecule has 0 aliphatic rings. The van der Waals surface area contributed by atoms with E-state index in [1.807, 2.05) is 24.3 Å². The van der Waals surface area contributed by atoms with Crippen molar-refractivity contribution in [3.05, 3.63) is 53.3 Å². The third-order valence-corrected chi connectivity index (χ3v) is 3.68. The van der Waals surface area contributed by atoms with Crippen molar-refractivity contribution in [3.63, 3.8) is 0 Å². The number of rotatable bonds is 3. The van der Waals surface area contributed by atoms with Crippen LogP contribution >= 0.6 is 11.3 Å². The third-order valence-electron chi connectivity index (χ3n) is 2.67. The van der Waals surface area contributed by atoms with Crippen LogP contribution in [0.1, 0.15) is 5.01 Å². The zero-order chi connectivity index (χ0) is 13.2. The van der Waals surface area contributed by atoms with Gasteiger partial charge in [0.2, 0.25) is 0 Å². The molecule has 0 saturated carbocycles. The van der Waals surface area contributed by atoms with Crippen molar-refractivity contribution in [2.45, 2.75) is 6.61 Å². The standard InChI is InChI=1S/C14H11FN2OS/c15-10-7-9(5-6-11(10)16)18-8-14-17-12-3-1-2-4-13(12)19-14/h1-7H,8,16H2. The molecule has 2 aromatic carbocycles. The highest BCUT2D eigenvalue weighted by Crippen LogP contribution is 2.24. The number of fused-ring (bicyclic) bond motifs is 1. The molecule has 0 bridgehead atoms. The lowest BCUT2D eigenvalue weighted by atomic mass is 10.3. The molecule has 0 unspecified atom stereocenters. The van der Waals surface area contributed by atoms with Crippen molar-refractivity contribution >= 4 is 27.2 Å². The number of halogens is 1. The van der Waals surface area contributed by atoms with Gasteiger partial charge in [0.05, 0.1) is 15.9 Å². The summed E-state index contributed by atoms with van der Waals surface area (Å²) in [6.45, 7) is 0.322. The van der Waals surface area contributed by atoms with E-state index in [2.05, 4.69) is 4.98 Å². The number of nitrogens with two attached hydrogens (primary N) is 1. The van der Waals surface area contributed by atoms with E-state index >= 15 is 0 Å². The van der Waals surface area contributed by atoms with Gasteiger partial charge in [-0.1, -0.05) is 12.1 Å². The SMILES string of the molecule is Nc1ccc(OCc2nc3ccccc3s2)cc1F. The molecule has 0 aliphatic heterocycles. The number of benzene rings is 2. The Balaban J connectivity index is 1.76. The van der Waals surface area contributed by atoms with Gasteiger partial charge in [-0.2, -0.15) is 0 Å². The summed E-state index contributed by atoms with van der Waals surface area (Å²) in [5.74, 6) is -0.0206. The summed E-state index contributed by atoms with van der Waals surface area (Å²) in [5.41, 5.74) is 6.48. The van der Waals surface area contributed by atoms with E-state index in [9.17, 15) is 4.39 Å². The van der Waals surface area contributed by atoms with Crippen molar-refractivity contribution in [1.29, 1.82) is 0 Å². The van der Waals surface area contributed by atoms with Crippen molar-refractivity contribution in [2.75, 3.05) is 5.73 Å². The highest BCUT2D eigenvalue weighted by atomic mass is 32.1. The predicted molar refractivity (Wildman–Crippen MR) is 74.8 cm³/mol. The predicted octanol–water partition coefficient (Wildman–Crippen LogP) is 3.60. The fourth-order valence-electron chi connectivity index (χ4n) is 1.72. The number of anilines is 1. The van der Waals surface area contributed by atoms with Crippen LogP contribution in [-0.2, 0) is 6.61 Å². The Hall–Kier alpha value is -2.14. The molecule has 2 N–H and O–H groups in total. The molecule has 0 atom stereocenters. The van der Waals surface area contributed by atoms with Gasteiger partial charge in [-0.15, -0.1) is 11.3 Å². The smallest absolute Gasteiger partial charge is 0.149 e. The molecule has 0 spiro atoms. The summed E-state index contributed by atoms with van der Waals surface area (Å²) >= 11 is 1.57. The minimum Gasteiger partial charge on any atom is -0.486 e. The molecule has 0 saturated heterocycles. The molecule has 3 aromatic rings. The molecule has 1 heterocycles. The molecule has 3 nitrogen and oxygen atoms in total. The van der Waals surface area contributed by atoms with Crippen molar-refractivity contribution in [1.82, 2.24) is 4.98 Å². The fourth-order valence-corrected chi connectivity index (χ4v) is 2.60.